The molecule has 0 aliphatic rings. The molecule has 74 valence electrons. The summed E-state index contributed by atoms with van der Waals surface area (Å²) < 4.78 is 0. The van der Waals surface area contributed by atoms with Crippen LogP contribution in [0.5, 0.6) is 0 Å². The van der Waals surface area contributed by atoms with Crippen LogP contribution in [0.3, 0.4) is 0 Å². The van der Waals surface area contributed by atoms with Crippen LogP contribution < -0.4 is 5.43 Å². The highest BCUT2D eigenvalue weighted by Gasteiger charge is 1.99. The van der Waals surface area contributed by atoms with E-state index in [2.05, 4.69) is 11.6 Å². The van der Waals surface area contributed by atoms with Gasteiger partial charge in [-0.25, -0.2) is 0 Å². The number of fused-ring (bicyclic) bond motifs is 1. The fourth-order valence-corrected chi connectivity index (χ4v) is 1.52. The average molecular weight is 218 g/mol. The summed E-state index contributed by atoms with van der Waals surface area (Å²) in [6.07, 6.45) is 3.15. The maximum Gasteiger partial charge on any atom is 0.188 e. The van der Waals surface area contributed by atoms with Crippen molar-refractivity contribution in [2.75, 3.05) is 0 Å². The molecule has 0 aliphatic carbocycles. The number of hydrogen-bond donors (Lipinski definition) is 0. The smallest absolute Gasteiger partial charge is 0.188 e. The zero-order chi connectivity index (χ0) is 10.8. The SMILES string of the molecule is C=Cc1ccc2ncc(Cl)cc2c(=O)c1. The Bertz CT molecular complexity index is 593. The summed E-state index contributed by atoms with van der Waals surface area (Å²) in [5, 5.41) is 0.988. The van der Waals surface area contributed by atoms with Crippen LogP contribution in [-0.4, -0.2) is 4.98 Å². The first-order valence-corrected chi connectivity index (χ1v) is 4.80. The zero-order valence-corrected chi connectivity index (χ0v) is 8.66. The Morgan fingerprint density at radius 2 is 2.13 bits per heavy atom. The van der Waals surface area contributed by atoms with Crippen molar-refractivity contribution in [3.05, 3.63) is 57.9 Å². The Morgan fingerprint density at radius 1 is 1.33 bits per heavy atom. The minimum atomic E-state index is -0.0973. The van der Waals surface area contributed by atoms with E-state index in [1.807, 2.05) is 0 Å². The van der Waals surface area contributed by atoms with Gasteiger partial charge in [-0.3, -0.25) is 9.78 Å². The molecule has 2 rings (SSSR count). The highest BCUT2D eigenvalue weighted by atomic mass is 35.5. The van der Waals surface area contributed by atoms with E-state index >= 15 is 0 Å². The number of nitrogens with zero attached hydrogens (tertiary/aromatic N) is 1. The molecule has 0 N–H and O–H groups in total. The molecular formula is C12H8ClNO. The van der Waals surface area contributed by atoms with Gasteiger partial charge in [0, 0.05) is 11.6 Å². The van der Waals surface area contributed by atoms with Crippen LogP contribution in [0, 0.1) is 0 Å². The van der Waals surface area contributed by atoms with Gasteiger partial charge in [-0.05, 0) is 23.8 Å². The van der Waals surface area contributed by atoms with Crippen LogP contribution in [0.2, 0.25) is 5.02 Å². The third kappa shape index (κ3) is 1.90. The average Bonchev–Trinajstić information content (AvgIpc) is 2.39. The summed E-state index contributed by atoms with van der Waals surface area (Å²) in [7, 11) is 0. The quantitative estimate of drug-likeness (QED) is 0.735. The van der Waals surface area contributed by atoms with Crippen molar-refractivity contribution in [3.63, 3.8) is 0 Å². The second-order valence-electron chi connectivity index (χ2n) is 3.13. The van der Waals surface area contributed by atoms with Crippen LogP contribution in [0.15, 0.2) is 41.8 Å². The molecule has 3 heteroatoms. The van der Waals surface area contributed by atoms with Crippen molar-refractivity contribution in [1.29, 1.82) is 0 Å². The van der Waals surface area contributed by atoms with Gasteiger partial charge in [0.25, 0.3) is 0 Å². The van der Waals surface area contributed by atoms with Gasteiger partial charge in [-0.15, -0.1) is 0 Å². The number of aromatic nitrogens is 1. The minimum Gasteiger partial charge on any atom is -0.289 e. The first-order valence-electron chi connectivity index (χ1n) is 4.43. The van der Waals surface area contributed by atoms with Crippen LogP contribution in [0.4, 0.5) is 0 Å². The van der Waals surface area contributed by atoms with Crippen LogP contribution in [-0.2, 0) is 0 Å². The molecule has 1 aromatic heterocycles. The third-order valence-electron chi connectivity index (χ3n) is 2.12. The second-order valence-corrected chi connectivity index (χ2v) is 3.57. The molecule has 0 unspecified atom stereocenters. The summed E-state index contributed by atoms with van der Waals surface area (Å²) in [6, 6.07) is 6.73. The van der Waals surface area contributed by atoms with E-state index in [0.717, 1.165) is 5.56 Å². The molecule has 0 spiro atoms. The van der Waals surface area contributed by atoms with Crippen molar-refractivity contribution in [3.8, 4) is 0 Å². The first kappa shape index (κ1) is 9.87. The molecular weight excluding hydrogens is 210 g/mol. The van der Waals surface area contributed by atoms with Crippen molar-refractivity contribution in [2.24, 2.45) is 0 Å². The Kier molecular flexibility index (Phi) is 2.52. The highest BCUT2D eigenvalue weighted by Crippen LogP contribution is 2.13. The van der Waals surface area contributed by atoms with Gasteiger partial charge in [0.1, 0.15) is 0 Å². The van der Waals surface area contributed by atoms with Gasteiger partial charge in [0.2, 0.25) is 0 Å². The number of halogens is 1. The molecule has 1 aromatic carbocycles. The number of rotatable bonds is 1. The van der Waals surface area contributed by atoms with Crippen molar-refractivity contribution < 1.29 is 0 Å². The van der Waals surface area contributed by atoms with E-state index in [9.17, 15) is 4.79 Å². The van der Waals surface area contributed by atoms with Gasteiger partial charge in [0.05, 0.1) is 10.5 Å². The minimum absolute atomic E-state index is 0.0973. The second kappa shape index (κ2) is 3.83. The Labute approximate surface area is 91.8 Å². The predicted molar refractivity (Wildman–Crippen MR) is 63.1 cm³/mol. The van der Waals surface area contributed by atoms with Crippen molar-refractivity contribution >= 4 is 28.6 Å². The standard InChI is InChI=1S/C12H8ClNO/c1-2-8-3-4-11-10(12(15)5-8)6-9(13)7-14-11/h2-7H,1H2. The lowest BCUT2D eigenvalue weighted by Crippen LogP contribution is -1.96. The maximum atomic E-state index is 11.8. The van der Waals surface area contributed by atoms with E-state index in [1.54, 1.807) is 24.3 Å². The number of pyridine rings is 1. The van der Waals surface area contributed by atoms with E-state index in [1.165, 1.54) is 12.3 Å². The highest BCUT2D eigenvalue weighted by molar-refractivity contribution is 6.31. The van der Waals surface area contributed by atoms with Crippen LogP contribution in [0.1, 0.15) is 5.56 Å². The molecule has 0 radical (unpaired) electrons. The lowest BCUT2D eigenvalue weighted by atomic mass is 10.2. The monoisotopic (exact) mass is 217 g/mol. The summed E-state index contributed by atoms with van der Waals surface area (Å²) in [6.45, 7) is 3.62. The van der Waals surface area contributed by atoms with Crippen molar-refractivity contribution in [1.82, 2.24) is 4.98 Å². The molecule has 0 bridgehead atoms. The molecule has 0 saturated carbocycles. The van der Waals surface area contributed by atoms with Crippen molar-refractivity contribution in [2.45, 2.75) is 0 Å². The largest absolute Gasteiger partial charge is 0.289 e. The Morgan fingerprint density at radius 3 is 2.87 bits per heavy atom. The molecule has 0 saturated heterocycles. The molecule has 0 amide bonds. The zero-order valence-electron chi connectivity index (χ0n) is 7.90. The molecule has 2 aromatic rings. The van der Waals surface area contributed by atoms with Gasteiger partial charge in [-0.2, -0.15) is 0 Å². The summed E-state index contributed by atoms with van der Waals surface area (Å²) in [4.78, 5) is 15.9. The lowest BCUT2D eigenvalue weighted by Gasteiger charge is -1.90. The van der Waals surface area contributed by atoms with Gasteiger partial charge in [-0.1, -0.05) is 30.3 Å². The van der Waals surface area contributed by atoms with Crippen LogP contribution in [0.25, 0.3) is 17.0 Å². The van der Waals surface area contributed by atoms with E-state index in [0.29, 0.717) is 15.9 Å². The lowest BCUT2D eigenvalue weighted by molar-refractivity contribution is 1.42. The fraction of sp³-hybridized carbons (Fsp3) is 0. The Balaban J connectivity index is 2.94. The summed E-state index contributed by atoms with van der Waals surface area (Å²) in [5.74, 6) is 0. The molecule has 0 atom stereocenters. The first-order chi connectivity index (χ1) is 7.20. The van der Waals surface area contributed by atoms with Gasteiger partial charge >= 0.3 is 0 Å². The van der Waals surface area contributed by atoms with Gasteiger partial charge in [0.15, 0.2) is 5.43 Å². The topological polar surface area (TPSA) is 30.0 Å². The maximum absolute atomic E-state index is 11.8. The predicted octanol–water partition coefficient (Wildman–Crippen LogP) is 2.89. The van der Waals surface area contributed by atoms with E-state index in [4.69, 9.17) is 11.6 Å². The summed E-state index contributed by atoms with van der Waals surface area (Å²) >= 11 is 5.79. The third-order valence-corrected chi connectivity index (χ3v) is 2.32. The van der Waals surface area contributed by atoms with E-state index < -0.39 is 0 Å². The van der Waals surface area contributed by atoms with Crippen LogP contribution >= 0.6 is 11.6 Å². The van der Waals surface area contributed by atoms with E-state index in [-0.39, 0.29) is 5.43 Å². The van der Waals surface area contributed by atoms with Gasteiger partial charge < -0.3 is 0 Å². The molecule has 0 fully saturated rings. The normalized spacial score (nSPS) is 10.2. The molecule has 1 heterocycles. The summed E-state index contributed by atoms with van der Waals surface area (Å²) in [5.41, 5.74) is 1.31. The molecule has 15 heavy (non-hydrogen) atoms. The fourth-order valence-electron chi connectivity index (χ4n) is 1.36. The molecule has 0 aliphatic heterocycles. The Hall–Kier alpha value is -1.67. The number of hydrogen-bond acceptors (Lipinski definition) is 2. The molecule has 2 nitrogen and oxygen atoms in total.